The SMILES string of the molecule is CC(C)C(NCc1cccn1C)c1cccs1. The smallest absolute Gasteiger partial charge is 0.0441 e. The average molecular weight is 248 g/mol. The first kappa shape index (κ1) is 12.4. The van der Waals surface area contributed by atoms with Crippen molar-refractivity contribution in [2.24, 2.45) is 13.0 Å². The number of hydrogen-bond donors (Lipinski definition) is 1. The Kier molecular flexibility index (Phi) is 4.02. The number of rotatable bonds is 5. The van der Waals surface area contributed by atoms with E-state index in [0.717, 1.165) is 6.54 Å². The number of aromatic nitrogens is 1. The summed E-state index contributed by atoms with van der Waals surface area (Å²) < 4.78 is 2.17. The van der Waals surface area contributed by atoms with Crippen LogP contribution in [0, 0.1) is 5.92 Å². The van der Waals surface area contributed by atoms with E-state index >= 15 is 0 Å². The summed E-state index contributed by atoms with van der Waals surface area (Å²) in [4.78, 5) is 1.43. The molecule has 1 atom stereocenters. The van der Waals surface area contributed by atoms with E-state index in [-0.39, 0.29) is 0 Å². The van der Waals surface area contributed by atoms with Gasteiger partial charge < -0.3 is 9.88 Å². The van der Waals surface area contributed by atoms with E-state index in [9.17, 15) is 0 Å². The highest BCUT2D eigenvalue weighted by atomic mass is 32.1. The second-order valence-electron chi connectivity index (χ2n) is 4.73. The lowest BCUT2D eigenvalue weighted by atomic mass is 10.0. The lowest BCUT2D eigenvalue weighted by Gasteiger charge is -2.21. The summed E-state index contributed by atoms with van der Waals surface area (Å²) >= 11 is 1.83. The number of hydrogen-bond acceptors (Lipinski definition) is 2. The minimum atomic E-state index is 0.449. The van der Waals surface area contributed by atoms with Crippen LogP contribution in [-0.4, -0.2) is 4.57 Å². The zero-order valence-corrected chi connectivity index (χ0v) is 11.5. The minimum Gasteiger partial charge on any atom is -0.353 e. The van der Waals surface area contributed by atoms with Crippen molar-refractivity contribution >= 4 is 11.3 Å². The molecule has 2 aromatic rings. The van der Waals surface area contributed by atoms with Crippen molar-refractivity contribution in [3.8, 4) is 0 Å². The first-order chi connectivity index (χ1) is 8.18. The van der Waals surface area contributed by atoms with Gasteiger partial charge >= 0.3 is 0 Å². The van der Waals surface area contributed by atoms with Crippen molar-refractivity contribution in [1.29, 1.82) is 0 Å². The highest BCUT2D eigenvalue weighted by Gasteiger charge is 2.16. The molecule has 0 aromatic carbocycles. The maximum absolute atomic E-state index is 3.65. The molecule has 2 rings (SSSR count). The van der Waals surface area contributed by atoms with Gasteiger partial charge in [-0.05, 0) is 29.5 Å². The van der Waals surface area contributed by atoms with Gasteiger partial charge in [0.1, 0.15) is 0 Å². The summed E-state index contributed by atoms with van der Waals surface area (Å²) in [6.45, 7) is 5.45. The molecule has 0 bridgehead atoms. The van der Waals surface area contributed by atoms with Crippen LogP contribution in [0.1, 0.15) is 30.5 Å². The van der Waals surface area contributed by atoms with Gasteiger partial charge in [-0.2, -0.15) is 0 Å². The van der Waals surface area contributed by atoms with Crippen LogP contribution in [0.5, 0.6) is 0 Å². The van der Waals surface area contributed by atoms with E-state index < -0.39 is 0 Å². The van der Waals surface area contributed by atoms with E-state index in [1.165, 1.54) is 10.6 Å². The van der Waals surface area contributed by atoms with Gasteiger partial charge in [0.05, 0.1) is 0 Å². The van der Waals surface area contributed by atoms with Gasteiger partial charge in [0.15, 0.2) is 0 Å². The summed E-state index contributed by atoms with van der Waals surface area (Å²) in [5.41, 5.74) is 1.33. The van der Waals surface area contributed by atoms with Crippen LogP contribution < -0.4 is 5.32 Å². The largest absolute Gasteiger partial charge is 0.353 e. The van der Waals surface area contributed by atoms with Gasteiger partial charge in [-0.15, -0.1) is 11.3 Å². The van der Waals surface area contributed by atoms with Crippen molar-refractivity contribution in [2.45, 2.75) is 26.4 Å². The van der Waals surface area contributed by atoms with Gasteiger partial charge in [-0.3, -0.25) is 0 Å². The number of aryl methyl sites for hydroxylation is 1. The van der Waals surface area contributed by atoms with E-state index in [0.29, 0.717) is 12.0 Å². The molecular formula is C14H20N2S. The van der Waals surface area contributed by atoms with Crippen LogP contribution in [0.15, 0.2) is 35.8 Å². The van der Waals surface area contributed by atoms with E-state index in [1.54, 1.807) is 0 Å². The van der Waals surface area contributed by atoms with Gasteiger partial charge in [-0.25, -0.2) is 0 Å². The molecule has 3 heteroatoms. The topological polar surface area (TPSA) is 17.0 Å². The Morgan fingerprint density at radius 1 is 1.29 bits per heavy atom. The van der Waals surface area contributed by atoms with Crippen LogP contribution in [0.3, 0.4) is 0 Å². The fourth-order valence-electron chi connectivity index (χ4n) is 2.03. The Labute approximate surface area is 107 Å². The van der Waals surface area contributed by atoms with Crippen LogP contribution in [0.2, 0.25) is 0 Å². The van der Waals surface area contributed by atoms with Crippen molar-refractivity contribution < 1.29 is 0 Å². The second kappa shape index (κ2) is 5.52. The lowest BCUT2D eigenvalue weighted by molar-refractivity contribution is 0.412. The lowest BCUT2D eigenvalue weighted by Crippen LogP contribution is -2.25. The Morgan fingerprint density at radius 2 is 2.12 bits per heavy atom. The zero-order valence-electron chi connectivity index (χ0n) is 10.7. The van der Waals surface area contributed by atoms with Crippen molar-refractivity contribution in [2.75, 3.05) is 0 Å². The molecule has 2 nitrogen and oxygen atoms in total. The van der Waals surface area contributed by atoms with Gasteiger partial charge in [0.2, 0.25) is 0 Å². The molecule has 2 heterocycles. The van der Waals surface area contributed by atoms with E-state index in [4.69, 9.17) is 0 Å². The maximum atomic E-state index is 3.65. The summed E-state index contributed by atoms with van der Waals surface area (Å²) in [5.74, 6) is 0.605. The van der Waals surface area contributed by atoms with Crippen molar-refractivity contribution in [3.05, 3.63) is 46.4 Å². The highest BCUT2D eigenvalue weighted by molar-refractivity contribution is 7.10. The second-order valence-corrected chi connectivity index (χ2v) is 5.71. The molecule has 17 heavy (non-hydrogen) atoms. The predicted octanol–water partition coefficient (Wildman–Crippen LogP) is 3.57. The summed E-state index contributed by atoms with van der Waals surface area (Å²) in [6, 6.07) is 9.04. The predicted molar refractivity (Wildman–Crippen MR) is 74.2 cm³/mol. The number of nitrogens with one attached hydrogen (secondary N) is 1. The molecule has 1 N–H and O–H groups in total. The Hall–Kier alpha value is -1.06. The van der Waals surface area contributed by atoms with E-state index in [2.05, 4.69) is 66.6 Å². The Bertz CT molecular complexity index is 442. The van der Waals surface area contributed by atoms with Crippen LogP contribution >= 0.6 is 11.3 Å². The first-order valence-electron chi connectivity index (χ1n) is 6.05. The van der Waals surface area contributed by atoms with Crippen molar-refractivity contribution in [1.82, 2.24) is 9.88 Å². The molecule has 0 amide bonds. The monoisotopic (exact) mass is 248 g/mol. The molecule has 0 fully saturated rings. The van der Waals surface area contributed by atoms with Gasteiger partial charge in [-0.1, -0.05) is 19.9 Å². The molecule has 0 radical (unpaired) electrons. The minimum absolute atomic E-state index is 0.449. The van der Waals surface area contributed by atoms with Gasteiger partial charge in [0, 0.05) is 36.4 Å². The molecule has 0 aliphatic carbocycles. The van der Waals surface area contributed by atoms with Gasteiger partial charge in [0.25, 0.3) is 0 Å². The third-order valence-electron chi connectivity index (χ3n) is 3.07. The number of thiophene rings is 1. The summed E-state index contributed by atoms with van der Waals surface area (Å²) in [7, 11) is 2.09. The van der Waals surface area contributed by atoms with Crippen molar-refractivity contribution in [3.63, 3.8) is 0 Å². The average Bonchev–Trinajstić information content (AvgIpc) is 2.91. The molecule has 0 saturated heterocycles. The normalized spacial score (nSPS) is 13.2. The zero-order chi connectivity index (χ0) is 12.3. The highest BCUT2D eigenvalue weighted by Crippen LogP contribution is 2.26. The Morgan fingerprint density at radius 3 is 2.65 bits per heavy atom. The molecular weight excluding hydrogens is 228 g/mol. The molecule has 0 aliphatic rings. The third kappa shape index (κ3) is 2.99. The molecule has 1 unspecified atom stereocenters. The number of nitrogens with zero attached hydrogens (tertiary/aromatic N) is 1. The summed E-state index contributed by atoms with van der Waals surface area (Å²) in [6.07, 6.45) is 2.09. The fourth-order valence-corrected chi connectivity index (χ4v) is 3.00. The molecule has 2 aromatic heterocycles. The van der Waals surface area contributed by atoms with E-state index in [1.807, 2.05) is 11.3 Å². The molecule has 92 valence electrons. The quantitative estimate of drug-likeness (QED) is 0.856. The molecule has 0 saturated carbocycles. The summed E-state index contributed by atoms with van der Waals surface area (Å²) in [5, 5.41) is 5.80. The molecule has 0 spiro atoms. The first-order valence-corrected chi connectivity index (χ1v) is 6.93. The van der Waals surface area contributed by atoms with Crippen LogP contribution in [-0.2, 0) is 13.6 Å². The Balaban J connectivity index is 2.02. The van der Waals surface area contributed by atoms with Crippen LogP contribution in [0.4, 0.5) is 0 Å². The third-order valence-corrected chi connectivity index (χ3v) is 4.03. The van der Waals surface area contributed by atoms with Crippen LogP contribution in [0.25, 0.3) is 0 Å². The maximum Gasteiger partial charge on any atom is 0.0441 e. The fraction of sp³-hybridized carbons (Fsp3) is 0.429. The molecule has 0 aliphatic heterocycles. The standard InChI is InChI=1S/C14H20N2S/c1-11(2)14(13-7-5-9-17-13)15-10-12-6-4-8-16(12)3/h4-9,11,14-15H,10H2,1-3H3.